The summed E-state index contributed by atoms with van der Waals surface area (Å²) in [5, 5.41) is 5.12. The second-order valence-electron chi connectivity index (χ2n) is 6.34. The van der Waals surface area contributed by atoms with Crippen LogP contribution in [-0.2, 0) is 6.61 Å². The molecule has 0 bridgehead atoms. The Hall–Kier alpha value is -2.29. The first-order valence-corrected chi connectivity index (χ1v) is 11.2. The molecule has 1 N–H and O–H groups in total. The maximum absolute atomic E-state index is 12.2. The molecule has 31 heavy (non-hydrogen) atoms. The van der Waals surface area contributed by atoms with E-state index in [0.717, 1.165) is 9.13 Å². The summed E-state index contributed by atoms with van der Waals surface area (Å²) in [5.41, 5.74) is 4.52. The van der Waals surface area contributed by atoms with Gasteiger partial charge in [-0.15, -0.1) is 0 Å². The van der Waals surface area contributed by atoms with Crippen molar-refractivity contribution in [1.29, 1.82) is 0 Å². The Morgan fingerprint density at radius 3 is 2.48 bits per heavy atom. The summed E-state index contributed by atoms with van der Waals surface area (Å²) >= 11 is 14.6. The number of amides is 1. The molecule has 0 aliphatic carbocycles. The highest BCUT2D eigenvalue weighted by molar-refractivity contribution is 14.1. The summed E-state index contributed by atoms with van der Waals surface area (Å²) in [5.74, 6) is 0.827. The zero-order valence-electron chi connectivity index (χ0n) is 16.6. The zero-order chi connectivity index (χ0) is 22.2. The van der Waals surface area contributed by atoms with E-state index in [1.54, 1.807) is 48.7 Å². The fourth-order valence-corrected chi connectivity index (χ4v) is 3.72. The van der Waals surface area contributed by atoms with Gasteiger partial charge in [0.05, 0.1) is 12.8 Å². The molecule has 160 valence electrons. The van der Waals surface area contributed by atoms with Crippen LogP contribution in [0, 0.1) is 3.57 Å². The first-order chi connectivity index (χ1) is 15.0. The van der Waals surface area contributed by atoms with Crippen LogP contribution in [0.25, 0.3) is 0 Å². The summed E-state index contributed by atoms with van der Waals surface area (Å²) < 4.78 is 12.6. The molecule has 0 aromatic heterocycles. The number of halogens is 3. The normalized spacial score (nSPS) is 10.8. The predicted molar refractivity (Wildman–Crippen MR) is 133 cm³/mol. The quantitative estimate of drug-likeness (QED) is 0.196. The average molecular weight is 569 g/mol. The van der Waals surface area contributed by atoms with Gasteiger partial charge in [-0.1, -0.05) is 35.3 Å². The first kappa shape index (κ1) is 23.4. The molecule has 8 heteroatoms. The Morgan fingerprint density at radius 1 is 1.03 bits per heavy atom. The van der Waals surface area contributed by atoms with Gasteiger partial charge in [0.2, 0.25) is 0 Å². The number of nitrogens with one attached hydrogen (secondary N) is 1. The number of benzene rings is 3. The van der Waals surface area contributed by atoms with Crippen molar-refractivity contribution < 1.29 is 14.3 Å². The van der Waals surface area contributed by atoms with E-state index >= 15 is 0 Å². The van der Waals surface area contributed by atoms with Gasteiger partial charge < -0.3 is 9.47 Å². The molecular weight excluding hydrogens is 550 g/mol. The lowest BCUT2D eigenvalue weighted by atomic mass is 10.2. The van der Waals surface area contributed by atoms with Crippen molar-refractivity contribution in [3.63, 3.8) is 0 Å². The molecule has 0 saturated carbocycles. The van der Waals surface area contributed by atoms with E-state index < -0.39 is 0 Å². The van der Waals surface area contributed by atoms with Crippen LogP contribution in [0.2, 0.25) is 10.0 Å². The highest BCUT2D eigenvalue weighted by Crippen LogP contribution is 2.31. The number of nitrogens with zero attached hydrogens (tertiary/aromatic N) is 1. The molecule has 3 aromatic carbocycles. The molecule has 1 amide bonds. The maximum atomic E-state index is 12.2. The Morgan fingerprint density at radius 2 is 1.77 bits per heavy atom. The van der Waals surface area contributed by atoms with Gasteiger partial charge in [0.25, 0.3) is 5.91 Å². The largest absolute Gasteiger partial charge is 0.490 e. The van der Waals surface area contributed by atoms with Crippen molar-refractivity contribution in [2.45, 2.75) is 13.5 Å². The maximum Gasteiger partial charge on any atom is 0.271 e. The van der Waals surface area contributed by atoms with Crippen molar-refractivity contribution in [3.8, 4) is 11.5 Å². The predicted octanol–water partition coefficient (Wildman–Crippen LogP) is 6.34. The summed E-state index contributed by atoms with van der Waals surface area (Å²) in [6, 6.07) is 17.9. The molecule has 0 atom stereocenters. The number of carbonyl (C=O) groups is 1. The van der Waals surface area contributed by atoms with Gasteiger partial charge in [-0.05, 0) is 83.6 Å². The van der Waals surface area contributed by atoms with E-state index in [2.05, 4.69) is 33.1 Å². The SMILES string of the molecule is CCOc1cc(/C=N\NC(=O)c2cccc(I)c2)ccc1OCc1c(Cl)cccc1Cl. The van der Waals surface area contributed by atoms with Gasteiger partial charge in [-0.3, -0.25) is 4.79 Å². The smallest absolute Gasteiger partial charge is 0.271 e. The number of carbonyl (C=O) groups excluding carboxylic acids is 1. The van der Waals surface area contributed by atoms with Gasteiger partial charge in [-0.25, -0.2) is 5.43 Å². The van der Waals surface area contributed by atoms with E-state index in [4.69, 9.17) is 32.7 Å². The van der Waals surface area contributed by atoms with Crippen molar-refractivity contribution in [1.82, 2.24) is 5.43 Å². The van der Waals surface area contributed by atoms with Gasteiger partial charge in [-0.2, -0.15) is 5.10 Å². The lowest BCUT2D eigenvalue weighted by Gasteiger charge is -2.14. The summed E-state index contributed by atoms with van der Waals surface area (Å²) in [6.45, 7) is 2.56. The summed E-state index contributed by atoms with van der Waals surface area (Å²) in [6.07, 6.45) is 1.54. The van der Waals surface area contributed by atoms with Crippen LogP contribution in [0.4, 0.5) is 0 Å². The molecule has 3 rings (SSSR count). The van der Waals surface area contributed by atoms with Gasteiger partial charge >= 0.3 is 0 Å². The zero-order valence-corrected chi connectivity index (χ0v) is 20.2. The summed E-state index contributed by atoms with van der Waals surface area (Å²) in [7, 11) is 0. The number of hydrazone groups is 1. The van der Waals surface area contributed by atoms with Crippen LogP contribution in [0.3, 0.4) is 0 Å². The van der Waals surface area contributed by atoms with Crippen LogP contribution < -0.4 is 14.9 Å². The van der Waals surface area contributed by atoms with Crippen molar-refractivity contribution in [3.05, 3.63) is 91.0 Å². The van der Waals surface area contributed by atoms with Crippen LogP contribution in [-0.4, -0.2) is 18.7 Å². The Bertz CT molecular complexity index is 1090. The topological polar surface area (TPSA) is 59.9 Å². The molecule has 3 aromatic rings. The van der Waals surface area contributed by atoms with E-state index in [9.17, 15) is 4.79 Å². The van der Waals surface area contributed by atoms with Gasteiger partial charge in [0.15, 0.2) is 11.5 Å². The second kappa shape index (κ2) is 11.4. The van der Waals surface area contributed by atoms with Crippen LogP contribution in [0.5, 0.6) is 11.5 Å². The molecule has 0 unspecified atom stereocenters. The third-order valence-corrected chi connectivity index (χ3v) is 5.55. The Balaban J connectivity index is 1.69. The van der Waals surface area contributed by atoms with E-state index in [1.165, 1.54) is 0 Å². The summed E-state index contributed by atoms with van der Waals surface area (Å²) in [4.78, 5) is 12.2. The van der Waals surface area contributed by atoms with Gasteiger partial charge in [0, 0.05) is 24.7 Å². The highest BCUT2D eigenvalue weighted by Gasteiger charge is 2.10. The van der Waals surface area contributed by atoms with Crippen LogP contribution >= 0.6 is 45.8 Å². The fourth-order valence-electron chi connectivity index (χ4n) is 2.67. The minimum atomic E-state index is -0.281. The van der Waals surface area contributed by atoms with Crippen molar-refractivity contribution in [2.75, 3.05) is 6.61 Å². The van der Waals surface area contributed by atoms with Crippen molar-refractivity contribution >= 4 is 57.9 Å². The molecule has 0 aliphatic heterocycles. The standard InChI is InChI=1S/C23H19Cl2IN2O3/c1-2-30-22-11-15(13-27-28-23(29)16-5-3-6-17(26)12-16)9-10-21(22)31-14-18-19(24)7-4-8-20(18)25/h3-13H,2,14H2,1H3,(H,28,29)/b27-13-. The molecule has 0 fully saturated rings. The van der Waals surface area contributed by atoms with E-state index in [1.807, 2.05) is 25.1 Å². The van der Waals surface area contributed by atoms with Crippen LogP contribution in [0.15, 0.2) is 65.8 Å². The van der Waals surface area contributed by atoms with Gasteiger partial charge in [0.1, 0.15) is 6.61 Å². The Labute approximate surface area is 204 Å². The molecule has 0 heterocycles. The monoisotopic (exact) mass is 568 g/mol. The Kier molecular flexibility index (Phi) is 8.57. The molecule has 5 nitrogen and oxygen atoms in total. The number of hydrogen-bond donors (Lipinski definition) is 1. The minimum absolute atomic E-state index is 0.206. The number of rotatable bonds is 8. The first-order valence-electron chi connectivity index (χ1n) is 9.39. The molecule has 0 radical (unpaired) electrons. The third-order valence-electron chi connectivity index (χ3n) is 4.17. The highest BCUT2D eigenvalue weighted by atomic mass is 127. The number of ether oxygens (including phenoxy) is 2. The van der Waals surface area contributed by atoms with Crippen LogP contribution in [0.1, 0.15) is 28.4 Å². The average Bonchev–Trinajstić information content (AvgIpc) is 2.75. The van der Waals surface area contributed by atoms with Crippen molar-refractivity contribution in [2.24, 2.45) is 5.10 Å². The third kappa shape index (κ3) is 6.59. The minimum Gasteiger partial charge on any atom is -0.490 e. The van der Waals surface area contributed by atoms with E-state index in [-0.39, 0.29) is 12.5 Å². The fraction of sp³-hybridized carbons (Fsp3) is 0.130. The van der Waals surface area contributed by atoms with E-state index in [0.29, 0.717) is 39.3 Å². The molecule has 0 spiro atoms. The second-order valence-corrected chi connectivity index (χ2v) is 8.40. The lowest BCUT2D eigenvalue weighted by molar-refractivity contribution is 0.0955. The molecular formula is C23H19Cl2IN2O3. The lowest BCUT2D eigenvalue weighted by Crippen LogP contribution is -2.17. The number of hydrogen-bond acceptors (Lipinski definition) is 4. The molecule has 0 aliphatic rings. The molecule has 0 saturated heterocycles.